The summed E-state index contributed by atoms with van der Waals surface area (Å²) in [5, 5.41) is 11.7. The van der Waals surface area contributed by atoms with Crippen molar-refractivity contribution < 1.29 is 0 Å². The van der Waals surface area contributed by atoms with Crippen LogP contribution < -0.4 is 5.32 Å². The van der Waals surface area contributed by atoms with E-state index in [0.717, 1.165) is 12.5 Å². The second-order valence-corrected chi connectivity index (χ2v) is 2.98. The highest BCUT2D eigenvalue weighted by Crippen LogP contribution is 2.18. The second-order valence-electron chi connectivity index (χ2n) is 2.98. The van der Waals surface area contributed by atoms with E-state index in [1.54, 1.807) is 0 Å². The molecule has 2 heteroatoms. The van der Waals surface area contributed by atoms with E-state index in [9.17, 15) is 0 Å². The highest BCUT2D eigenvalue weighted by molar-refractivity contribution is 4.87. The fourth-order valence-electron chi connectivity index (χ4n) is 1.48. The van der Waals surface area contributed by atoms with Crippen LogP contribution in [-0.2, 0) is 0 Å². The lowest BCUT2D eigenvalue weighted by molar-refractivity contribution is 0.541. The maximum Gasteiger partial charge on any atom is 0.0638 e. The Bertz CT molecular complexity index is 137. The monoisotopic (exact) mass is 138 g/mol. The molecule has 10 heavy (non-hydrogen) atoms. The zero-order valence-corrected chi connectivity index (χ0v) is 6.43. The molecule has 2 nitrogen and oxygen atoms in total. The quantitative estimate of drug-likeness (QED) is 0.624. The zero-order chi connectivity index (χ0) is 7.40. The molecule has 1 saturated heterocycles. The predicted molar refractivity (Wildman–Crippen MR) is 40.4 cm³/mol. The van der Waals surface area contributed by atoms with Crippen LogP contribution in [0.15, 0.2) is 0 Å². The van der Waals surface area contributed by atoms with Gasteiger partial charge in [0, 0.05) is 6.04 Å². The highest BCUT2D eigenvalue weighted by atomic mass is 14.9. The number of rotatable bonds is 2. The summed E-state index contributed by atoms with van der Waals surface area (Å²) in [5.74, 6) is 0.818. The first-order chi connectivity index (χ1) is 4.86. The van der Waals surface area contributed by atoms with Crippen molar-refractivity contribution >= 4 is 0 Å². The first-order valence-corrected chi connectivity index (χ1v) is 3.97. The molecule has 1 heterocycles. The Labute approximate surface area is 62.2 Å². The van der Waals surface area contributed by atoms with Crippen molar-refractivity contribution in [1.82, 2.24) is 5.32 Å². The molecule has 1 aliphatic rings. The molecule has 56 valence electrons. The van der Waals surface area contributed by atoms with Crippen molar-refractivity contribution in [2.24, 2.45) is 5.92 Å². The van der Waals surface area contributed by atoms with Crippen LogP contribution in [0.5, 0.6) is 0 Å². The lowest BCUT2D eigenvalue weighted by atomic mass is 10.0. The van der Waals surface area contributed by atoms with Crippen LogP contribution in [0.2, 0.25) is 0 Å². The van der Waals surface area contributed by atoms with E-state index in [4.69, 9.17) is 5.26 Å². The van der Waals surface area contributed by atoms with Gasteiger partial charge in [0.05, 0.1) is 12.5 Å². The van der Waals surface area contributed by atoms with Crippen molar-refractivity contribution in [1.29, 1.82) is 5.26 Å². The summed E-state index contributed by atoms with van der Waals surface area (Å²) < 4.78 is 0. The molecule has 0 saturated carbocycles. The van der Waals surface area contributed by atoms with Crippen LogP contribution in [-0.4, -0.2) is 12.6 Å². The summed E-state index contributed by atoms with van der Waals surface area (Å²) in [5.41, 5.74) is 0. The van der Waals surface area contributed by atoms with Gasteiger partial charge in [-0.05, 0) is 18.9 Å². The Balaban J connectivity index is 2.23. The zero-order valence-electron chi connectivity index (χ0n) is 6.43. The molecule has 1 fully saturated rings. The van der Waals surface area contributed by atoms with Crippen LogP contribution >= 0.6 is 0 Å². The van der Waals surface area contributed by atoms with Gasteiger partial charge in [0.1, 0.15) is 0 Å². The molecular formula is C8H14N2. The van der Waals surface area contributed by atoms with Gasteiger partial charge in [-0.1, -0.05) is 13.3 Å². The Kier molecular flexibility index (Phi) is 2.70. The Morgan fingerprint density at radius 1 is 1.70 bits per heavy atom. The summed E-state index contributed by atoms with van der Waals surface area (Å²) in [6.45, 7) is 3.32. The van der Waals surface area contributed by atoms with E-state index in [1.165, 1.54) is 12.8 Å². The van der Waals surface area contributed by atoms with Crippen LogP contribution in [0.3, 0.4) is 0 Å². The third-order valence-corrected chi connectivity index (χ3v) is 2.23. The fraction of sp³-hybridized carbons (Fsp3) is 0.875. The minimum atomic E-state index is 0.481. The van der Waals surface area contributed by atoms with Crippen molar-refractivity contribution in [3.8, 4) is 6.07 Å². The van der Waals surface area contributed by atoms with E-state index in [-0.39, 0.29) is 0 Å². The van der Waals surface area contributed by atoms with Crippen LogP contribution in [0.25, 0.3) is 0 Å². The molecule has 2 atom stereocenters. The van der Waals surface area contributed by atoms with E-state index >= 15 is 0 Å². The van der Waals surface area contributed by atoms with E-state index in [1.807, 2.05) is 0 Å². The molecule has 1 N–H and O–H groups in total. The van der Waals surface area contributed by atoms with Crippen molar-refractivity contribution in [2.75, 3.05) is 6.54 Å². The van der Waals surface area contributed by atoms with Crippen LogP contribution in [0, 0.1) is 17.2 Å². The number of hydrogen-bond donors (Lipinski definition) is 1. The van der Waals surface area contributed by atoms with Gasteiger partial charge < -0.3 is 5.32 Å². The largest absolute Gasteiger partial charge is 0.313 e. The summed E-state index contributed by atoms with van der Waals surface area (Å²) in [7, 11) is 0. The number of nitrogens with zero attached hydrogens (tertiary/aromatic N) is 1. The molecule has 0 bridgehead atoms. The summed E-state index contributed by atoms with van der Waals surface area (Å²) in [6, 6.07) is 2.67. The van der Waals surface area contributed by atoms with Gasteiger partial charge in [-0.15, -0.1) is 0 Å². The molecule has 0 spiro atoms. The summed E-state index contributed by atoms with van der Waals surface area (Å²) in [4.78, 5) is 0. The Morgan fingerprint density at radius 2 is 2.50 bits per heavy atom. The Morgan fingerprint density at radius 3 is 3.00 bits per heavy atom. The average Bonchev–Trinajstić information content (AvgIpc) is 2.37. The lowest BCUT2D eigenvalue weighted by Gasteiger charge is -2.02. The minimum Gasteiger partial charge on any atom is -0.313 e. The fourth-order valence-corrected chi connectivity index (χ4v) is 1.48. The highest BCUT2D eigenvalue weighted by Gasteiger charge is 2.21. The molecular weight excluding hydrogens is 124 g/mol. The maximum absolute atomic E-state index is 8.40. The summed E-state index contributed by atoms with van der Waals surface area (Å²) >= 11 is 0. The topological polar surface area (TPSA) is 35.8 Å². The normalized spacial score (nSPS) is 32.0. The second kappa shape index (κ2) is 3.58. The van der Waals surface area contributed by atoms with Crippen molar-refractivity contribution in [3.63, 3.8) is 0 Å². The van der Waals surface area contributed by atoms with Gasteiger partial charge in [0.25, 0.3) is 0 Å². The summed E-state index contributed by atoms with van der Waals surface area (Å²) in [6.07, 6.45) is 3.12. The molecule has 0 amide bonds. The van der Waals surface area contributed by atoms with Gasteiger partial charge in [-0.25, -0.2) is 0 Å². The molecule has 0 aliphatic carbocycles. The minimum absolute atomic E-state index is 0.481. The van der Waals surface area contributed by atoms with Gasteiger partial charge in [0.2, 0.25) is 0 Å². The predicted octanol–water partition coefficient (Wildman–Crippen LogP) is 1.29. The van der Waals surface area contributed by atoms with Gasteiger partial charge >= 0.3 is 0 Å². The Hall–Kier alpha value is -0.550. The van der Waals surface area contributed by atoms with Crippen molar-refractivity contribution in [2.45, 2.75) is 32.2 Å². The lowest BCUT2D eigenvalue weighted by Crippen LogP contribution is -2.20. The SMILES string of the molecule is CC[C@H]1CN[C@H](CC#N)C1. The van der Waals surface area contributed by atoms with Gasteiger partial charge in [-0.2, -0.15) is 5.26 Å². The smallest absolute Gasteiger partial charge is 0.0638 e. The van der Waals surface area contributed by atoms with Gasteiger partial charge in [0.15, 0.2) is 0 Å². The molecule has 0 aromatic heterocycles. The van der Waals surface area contributed by atoms with E-state index in [2.05, 4.69) is 18.3 Å². The first-order valence-electron chi connectivity index (χ1n) is 3.97. The third-order valence-electron chi connectivity index (χ3n) is 2.23. The molecule has 0 unspecified atom stereocenters. The molecule has 1 aliphatic heterocycles. The number of nitrogens with one attached hydrogen (secondary N) is 1. The maximum atomic E-state index is 8.40. The van der Waals surface area contributed by atoms with Gasteiger partial charge in [-0.3, -0.25) is 0 Å². The third kappa shape index (κ3) is 1.71. The van der Waals surface area contributed by atoms with E-state index in [0.29, 0.717) is 12.5 Å². The molecule has 0 aromatic carbocycles. The number of hydrogen-bond acceptors (Lipinski definition) is 2. The number of nitriles is 1. The first kappa shape index (κ1) is 7.56. The molecule has 1 rings (SSSR count). The molecule has 0 aromatic rings. The van der Waals surface area contributed by atoms with Crippen LogP contribution in [0.1, 0.15) is 26.2 Å². The van der Waals surface area contributed by atoms with Crippen molar-refractivity contribution in [3.05, 3.63) is 0 Å². The standard InChI is InChI=1S/C8H14N2/c1-2-7-5-8(3-4-9)10-6-7/h7-8,10H,2-3,5-6H2,1H3/t7-,8-/m1/s1. The van der Waals surface area contributed by atoms with E-state index < -0.39 is 0 Å². The van der Waals surface area contributed by atoms with Crippen LogP contribution in [0.4, 0.5) is 0 Å². The molecule has 0 radical (unpaired) electrons. The average molecular weight is 138 g/mol.